The molecule has 15 heteroatoms. The summed E-state index contributed by atoms with van der Waals surface area (Å²) in [6.07, 6.45) is 4.54. The van der Waals surface area contributed by atoms with Crippen molar-refractivity contribution in [2.75, 3.05) is 0 Å². The van der Waals surface area contributed by atoms with Gasteiger partial charge in [0.1, 0.15) is 12.4 Å². The van der Waals surface area contributed by atoms with Gasteiger partial charge in [-0.2, -0.15) is 39.5 Å². The molecule has 0 unspecified atom stereocenters. The standard InChI is InChI=1S/C10H19N2.C4HF9O3S/c1-3-4-5-6-7-12-9-8-11(2)10-12;5-1(6,3(9,10)11)2(7,8)4(12,13)17(14,15)16/h8-10H,3-7H2,1-2H3;(H,14,15,16)/q+1;/p-1. The fraction of sp³-hybridized carbons (Fsp3) is 0.786. The first-order valence-corrected chi connectivity index (χ1v) is 9.40. The minimum absolute atomic E-state index is 1.17. The Kier molecular flexibility index (Phi) is 9.04. The summed E-state index contributed by atoms with van der Waals surface area (Å²) in [7, 11) is -5.36. The first-order valence-electron chi connectivity index (χ1n) is 7.99. The minimum Gasteiger partial charge on any atom is -0.743 e. The second-order valence-corrected chi connectivity index (χ2v) is 7.42. The summed E-state index contributed by atoms with van der Waals surface area (Å²) in [6.45, 7) is 3.41. The van der Waals surface area contributed by atoms with E-state index in [4.69, 9.17) is 0 Å². The van der Waals surface area contributed by atoms with Crippen LogP contribution in [0, 0.1) is 0 Å². The molecule has 0 fully saturated rings. The van der Waals surface area contributed by atoms with Crippen molar-refractivity contribution in [1.29, 1.82) is 0 Å². The molecule has 0 amide bonds. The molecular weight excluding hydrogens is 447 g/mol. The van der Waals surface area contributed by atoms with Crippen LogP contribution in [0.1, 0.15) is 32.6 Å². The number of alkyl halides is 9. The Morgan fingerprint density at radius 1 is 0.931 bits per heavy atom. The lowest BCUT2D eigenvalue weighted by atomic mass is 10.1. The van der Waals surface area contributed by atoms with Gasteiger partial charge in [-0.3, -0.25) is 0 Å². The summed E-state index contributed by atoms with van der Waals surface area (Å²) in [4.78, 5) is 0. The van der Waals surface area contributed by atoms with Crippen LogP contribution in [0.15, 0.2) is 18.7 Å². The van der Waals surface area contributed by atoms with E-state index in [-0.39, 0.29) is 0 Å². The normalized spacial score (nSPS) is 13.8. The van der Waals surface area contributed by atoms with Crippen LogP contribution in [0.4, 0.5) is 39.5 Å². The van der Waals surface area contributed by atoms with Gasteiger partial charge in [0.2, 0.25) is 6.33 Å². The molecule has 0 N–H and O–H groups in total. The fourth-order valence-corrected chi connectivity index (χ4v) is 2.32. The smallest absolute Gasteiger partial charge is 0.460 e. The topological polar surface area (TPSA) is 66.0 Å². The minimum atomic E-state index is -7.43. The molecule has 0 bridgehead atoms. The number of imidazole rings is 1. The van der Waals surface area contributed by atoms with E-state index in [0.717, 1.165) is 0 Å². The number of aryl methyl sites for hydroxylation is 2. The maximum atomic E-state index is 12.2. The highest BCUT2D eigenvalue weighted by Crippen LogP contribution is 2.54. The van der Waals surface area contributed by atoms with Crippen LogP contribution < -0.4 is 4.57 Å². The van der Waals surface area contributed by atoms with Gasteiger partial charge in [0.25, 0.3) is 0 Å². The summed E-state index contributed by atoms with van der Waals surface area (Å²) in [5.41, 5.74) is 0. The maximum absolute atomic E-state index is 12.2. The van der Waals surface area contributed by atoms with E-state index >= 15 is 0 Å². The Balaban J connectivity index is 0.000000571. The third-order valence-corrected chi connectivity index (χ3v) is 4.41. The third kappa shape index (κ3) is 6.49. The Labute approximate surface area is 160 Å². The van der Waals surface area contributed by atoms with Crippen LogP contribution in [0.3, 0.4) is 0 Å². The Morgan fingerprint density at radius 2 is 1.45 bits per heavy atom. The number of hydrogen-bond acceptors (Lipinski definition) is 3. The molecule has 172 valence electrons. The molecule has 1 heterocycles. The lowest BCUT2D eigenvalue weighted by Crippen LogP contribution is -2.63. The molecular formula is C14H19F9N2O3S. The quantitative estimate of drug-likeness (QED) is 0.253. The highest BCUT2D eigenvalue weighted by molar-refractivity contribution is 7.86. The monoisotopic (exact) mass is 466 g/mol. The molecule has 0 aliphatic carbocycles. The average Bonchev–Trinajstić information content (AvgIpc) is 2.95. The van der Waals surface area contributed by atoms with Crippen molar-refractivity contribution < 1.29 is 57.1 Å². The molecule has 1 aromatic heterocycles. The van der Waals surface area contributed by atoms with E-state index < -0.39 is 33.4 Å². The predicted octanol–water partition coefficient (Wildman–Crippen LogP) is 3.85. The molecule has 1 aromatic rings. The molecule has 0 atom stereocenters. The van der Waals surface area contributed by atoms with E-state index in [0.29, 0.717) is 0 Å². The summed E-state index contributed by atoms with van der Waals surface area (Å²) in [5.74, 6) is -14.8. The third-order valence-electron chi connectivity index (χ3n) is 3.52. The number of hydrogen-bond donors (Lipinski definition) is 0. The van der Waals surface area contributed by atoms with Gasteiger partial charge in [-0.1, -0.05) is 19.8 Å². The largest absolute Gasteiger partial charge is 0.743 e. The molecule has 0 aliphatic heterocycles. The van der Waals surface area contributed by atoms with Crippen LogP contribution in [0.2, 0.25) is 0 Å². The Hall–Kier alpha value is -1.51. The maximum Gasteiger partial charge on any atom is 0.460 e. The van der Waals surface area contributed by atoms with Crippen LogP contribution in [0.5, 0.6) is 0 Å². The van der Waals surface area contributed by atoms with E-state index in [1.807, 2.05) is 0 Å². The van der Waals surface area contributed by atoms with Crippen molar-refractivity contribution in [2.24, 2.45) is 7.05 Å². The molecule has 5 nitrogen and oxygen atoms in total. The van der Waals surface area contributed by atoms with Gasteiger partial charge in [0, 0.05) is 0 Å². The van der Waals surface area contributed by atoms with Crippen molar-refractivity contribution in [3.8, 4) is 0 Å². The predicted molar refractivity (Wildman–Crippen MR) is 80.3 cm³/mol. The van der Waals surface area contributed by atoms with Gasteiger partial charge in [-0.05, 0) is 12.8 Å². The zero-order chi connectivity index (χ0) is 23.3. The zero-order valence-corrected chi connectivity index (χ0v) is 16.0. The van der Waals surface area contributed by atoms with Gasteiger partial charge in [-0.25, -0.2) is 17.6 Å². The molecule has 0 radical (unpaired) electrons. The fourth-order valence-electron chi connectivity index (χ4n) is 1.87. The number of nitrogens with zero attached hydrogens (tertiary/aromatic N) is 2. The second-order valence-electron chi connectivity index (χ2n) is 6.00. The Bertz CT molecular complexity index is 746. The zero-order valence-electron chi connectivity index (χ0n) is 15.2. The molecule has 0 aliphatic rings. The molecule has 0 aromatic carbocycles. The van der Waals surface area contributed by atoms with E-state index in [2.05, 4.69) is 41.8 Å². The van der Waals surface area contributed by atoms with Crippen molar-refractivity contribution in [1.82, 2.24) is 4.57 Å². The number of halogens is 9. The van der Waals surface area contributed by atoms with Gasteiger partial charge >= 0.3 is 23.3 Å². The number of unbranched alkanes of at least 4 members (excludes halogenated alkanes) is 3. The van der Waals surface area contributed by atoms with Gasteiger partial charge in [0.15, 0.2) is 10.1 Å². The van der Waals surface area contributed by atoms with E-state index in [9.17, 15) is 52.5 Å². The van der Waals surface area contributed by atoms with Crippen LogP contribution >= 0.6 is 0 Å². The van der Waals surface area contributed by atoms with Gasteiger partial charge < -0.3 is 4.55 Å². The second kappa shape index (κ2) is 9.53. The summed E-state index contributed by atoms with van der Waals surface area (Å²) in [6, 6.07) is 0. The summed E-state index contributed by atoms with van der Waals surface area (Å²) < 4.78 is 140. The van der Waals surface area contributed by atoms with Crippen molar-refractivity contribution in [3.63, 3.8) is 0 Å². The van der Waals surface area contributed by atoms with Crippen molar-refractivity contribution >= 4 is 10.1 Å². The van der Waals surface area contributed by atoms with E-state index in [1.165, 1.54) is 32.2 Å². The molecule has 0 saturated heterocycles. The first kappa shape index (κ1) is 27.5. The highest BCUT2D eigenvalue weighted by Gasteiger charge is 2.83. The van der Waals surface area contributed by atoms with Gasteiger partial charge in [-0.15, -0.1) is 0 Å². The van der Waals surface area contributed by atoms with Crippen molar-refractivity contribution in [2.45, 2.75) is 62.4 Å². The van der Waals surface area contributed by atoms with E-state index in [1.54, 1.807) is 0 Å². The summed E-state index contributed by atoms with van der Waals surface area (Å²) >= 11 is 0. The first-order chi connectivity index (χ1) is 12.8. The van der Waals surface area contributed by atoms with Crippen LogP contribution in [0.25, 0.3) is 0 Å². The molecule has 29 heavy (non-hydrogen) atoms. The van der Waals surface area contributed by atoms with Crippen molar-refractivity contribution in [3.05, 3.63) is 18.7 Å². The molecule has 0 saturated carbocycles. The van der Waals surface area contributed by atoms with Crippen LogP contribution in [-0.2, 0) is 23.7 Å². The Morgan fingerprint density at radius 3 is 1.79 bits per heavy atom. The molecule has 1 rings (SSSR count). The van der Waals surface area contributed by atoms with Crippen LogP contribution in [-0.4, -0.2) is 40.8 Å². The lowest BCUT2D eigenvalue weighted by Gasteiger charge is -2.34. The SMILES string of the molecule is CCCCCCn1cc[n+](C)c1.O=S(=O)([O-])C(F)(F)C(F)(F)C(F)(F)C(F)(F)F. The lowest BCUT2D eigenvalue weighted by molar-refractivity contribution is -0.671. The average molecular weight is 466 g/mol. The molecule has 0 spiro atoms. The van der Waals surface area contributed by atoms with Gasteiger partial charge in [0.05, 0.1) is 13.6 Å². The highest BCUT2D eigenvalue weighted by atomic mass is 32.2. The number of aromatic nitrogens is 2. The number of rotatable bonds is 8. The summed E-state index contributed by atoms with van der Waals surface area (Å²) in [5, 5.41) is -7.11.